The van der Waals surface area contributed by atoms with E-state index in [1.807, 2.05) is 43.3 Å². The number of hydrogen-bond acceptors (Lipinski definition) is 5. The Morgan fingerprint density at radius 3 is 2.59 bits per heavy atom. The second-order valence-corrected chi connectivity index (χ2v) is 8.31. The lowest BCUT2D eigenvalue weighted by molar-refractivity contribution is -0.121. The van der Waals surface area contributed by atoms with Crippen molar-refractivity contribution in [2.75, 3.05) is 0 Å². The molecule has 2 aromatic heterocycles. The van der Waals surface area contributed by atoms with E-state index in [1.54, 1.807) is 0 Å². The van der Waals surface area contributed by atoms with Crippen LogP contribution < -0.4 is 5.32 Å². The van der Waals surface area contributed by atoms with Crippen molar-refractivity contribution in [2.24, 2.45) is 0 Å². The molecular formula is C25H27N5O2. The second kappa shape index (κ2) is 8.57. The lowest BCUT2D eigenvalue weighted by atomic mass is 10.1. The van der Waals surface area contributed by atoms with Crippen molar-refractivity contribution in [3.63, 3.8) is 0 Å². The van der Waals surface area contributed by atoms with Crippen molar-refractivity contribution < 1.29 is 9.21 Å². The van der Waals surface area contributed by atoms with Gasteiger partial charge in [0.05, 0.1) is 0 Å². The number of para-hydroxylation sites is 2. The van der Waals surface area contributed by atoms with Crippen molar-refractivity contribution in [1.29, 1.82) is 0 Å². The SMILES string of the molecule is CCC(=O)NC1CCC(n2c(CC)nnc2-c2ccc(-c3nc4ccccc4o3)cc2)C1. The monoisotopic (exact) mass is 429 g/mol. The lowest BCUT2D eigenvalue weighted by Crippen LogP contribution is -2.32. The molecule has 2 atom stereocenters. The zero-order valence-corrected chi connectivity index (χ0v) is 18.4. The standard InChI is InChI=1S/C25H27N5O2/c1-3-22-28-29-24(30(22)19-14-13-18(15-19)26-23(31)4-2)16-9-11-17(12-10-16)25-27-20-7-5-6-8-21(20)32-25/h5-12,18-19H,3-4,13-15H2,1-2H3,(H,26,31). The summed E-state index contributed by atoms with van der Waals surface area (Å²) in [5.74, 6) is 2.58. The fourth-order valence-corrected chi connectivity index (χ4v) is 4.56. The van der Waals surface area contributed by atoms with E-state index in [0.29, 0.717) is 12.3 Å². The molecule has 0 spiro atoms. The topological polar surface area (TPSA) is 85.8 Å². The highest BCUT2D eigenvalue weighted by Crippen LogP contribution is 2.35. The van der Waals surface area contributed by atoms with Gasteiger partial charge in [0.25, 0.3) is 0 Å². The maximum absolute atomic E-state index is 11.8. The minimum absolute atomic E-state index is 0.116. The van der Waals surface area contributed by atoms with Crippen LogP contribution in [0.3, 0.4) is 0 Å². The van der Waals surface area contributed by atoms with E-state index in [0.717, 1.165) is 59.6 Å². The van der Waals surface area contributed by atoms with Crippen LogP contribution in [0.5, 0.6) is 0 Å². The summed E-state index contributed by atoms with van der Waals surface area (Å²) in [5, 5.41) is 12.1. The van der Waals surface area contributed by atoms with E-state index in [1.165, 1.54) is 0 Å². The average molecular weight is 430 g/mol. The molecule has 1 aliphatic carbocycles. The number of nitrogens with one attached hydrogen (secondary N) is 1. The Morgan fingerprint density at radius 1 is 1.06 bits per heavy atom. The maximum Gasteiger partial charge on any atom is 0.227 e. The van der Waals surface area contributed by atoms with Gasteiger partial charge >= 0.3 is 0 Å². The summed E-state index contributed by atoms with van der Waals surface area (Å²) in [6.45, 7) is 3.99. The van der Waals surface area contributed by atoms with Crippen LogP contribution in [0.15, 0.2) is 52.9 Å². The third-order valence-electron chi connectivity index (χ3n) is 6.22. The van der Waals surface area contributed by atoms with Gasteiger partial charge in [0.15, 0.2) is 11.4 Å². The first-order valence-corrected chi connectivity index (χ1v) is 11.4. The third kappa shape index (κ3) is 3.79. The van der Waals surface area contributed by atoms with Gasteiger partial charge in [-0.1, -0.05) is 38.1 Å². The van der Waals surface area contributed by atoms with Gasteiger partial charge < -0.3 is 14.3 Å². The summed E-state index contributed by atoms with van der Waals surface area (Å²) in [6.07, 6.45) is 4.23. The second-order valence-electron chi connectivity index (χ2n) is 8.31. The van der Waals surface area contributed by atoms with Gasteiger partial charge in [0, 0.05) is 36.1 Å². The maximum atomic E-state index is 11.8. The molecule has 1 fully saturated rings. The molecule has 4 aromatic rings. The molecular weight excluding hydrogens is 402 g/mol. The van der Waals surface area contributed by atoms with Crippen molar-refractivity contribution >= 4 is 17.0 Å². The van der Waals surface area contributed by atoms with Gasteiger partial charge in [0.2, 0.25) is 11.8 Å². The van der Waals surface area contributed by atoms with E-state index >= 15 is 0 Å². The normalized spacial score (nSPS) is 18.3. The van der Waals surface area contributed by atoms with Crippen molar-refractivity contribution in [1.82, 2.24) is 25.1 Å². The lowest BCUT2D eigenvalue weighted by Gasteiger charge is -2.18. The number of nitrogens with zero attached hydrogens (tertiary/aromatic N) is 4. The van der Waals surface area contributed by atoms with Gasteiger partial charge in [0.1, 0.15) is 11.3 Å². The highest BCUT2D eigenvalue weighted by molar-refractivity contribution is 5.76. The van der Waals surface area contributed by atoms with E-state index in [9.17, 15) is 4.79 Å². The number of aromatic nitrogens is 4. The quantitative estimate of drug-likeness (QED) is 0.469. The Bertz CT molecular complexity index is 1210. The first kappa shape index (κ1) is 20.4. The smallest absolute Gasteiger partial charge is 0.227 e. The number of hydrogen-bond donors (Lipinski definition) is 1. The number of carbonyl (C=O) groups excluding carboxylic acids is 1. The zero-order valence-electron chi connectivity index (χ0n) is 18.4. The number of amides is 1. The number of oxazole rings is 1. The molecule has 7 heteroatoms. The van der Waals surface area contributed by atoms with Gasteiger partial charge in [-0.2, -0.15) is 0 Å². The van der Waals surface area contributed by atoms with Crippen LogP contribution >= 0.6 is 0 Å². The molecule has 1 amide bonds. The molecule has 7 nitrogen and oxygen atoms in total. The Kier molecular flexibility index (Phi) is 5.47. The van der Waals surface area contributed by atoms with E-state index < -0.39 is 0 Å². The summed E-state index contributed by atoms with van der Waals surface area (Å²) in [7, 11) is 0. The van der Waals surface area contributed by atoms with Crippen LogP contribution in [-0.2, 0) is 11.2 Å². The minimum Gasteiger partial charge on any atom is -0.436 e. The van der Waals surface area contributed by atoms with Crippen LogP contribution in [0.1, 0.15) is 51.4 Å². The fraction of sp³-hybridized carbons (Fsp3) is 0.360. The largest absolute Gasteiger partial charge is 0.436 e. The number of fused-ring (bicyclic) bond motifs is 1. The first-order valence-electron chi connectivity index (χ1n) is 11.4. The van der Waals surface area contributed by atoms with Crippen LogP contribution in [-0.4, -0.2) is 31.7 Å². The highest BCUT2D eigenvalue weighted by Gasteiger charge is 2.30. The van der Waals surface area contributed by atoms with Gasteiger partial charge in [-0.15, -0.1) is 10.2 Å². The predicted octanol–water partition coefficient (Wildman–Crippen LogP) is 4.94. The Balaban J connectivity index is 1.42. The van der Waals surface area contributed by atoms with Crippen LogP contribution in [0, 0.1) is 0 Å². The van der Waals surface area contributed by atoms with Crippen molar-refractivity contribution in [2.45, 2.75) is 58.0 Å². The van der Waals surface area contributed by atoms with Crippen LogP contribution in [0.25, 0.3) is 33.9 Å². The average Bonchev–Trinajstić information content (AvgIpc) is 3.56. The molecule has 5 rings (SSSR count). The minimum atomic E-state index is 0.116. The Morgan fingerprint density at radius 2 is 1.84 bits per heavy atom. The highest BCUT2D eigenvalue weighted by atomic mass is 16.3. The summed E-state index contributed by atoms with van der Waals surface area (Å²) in [6, 6.07) is 16.4. The zero-order chi connectivity index (χ0) is 22.1. The number of rotatable bonds is 6. The van der Waals surface area contributed by atoms with Gasteiger partial charge in [-0.25, -0.2) is 4.98 Å². The predicted molar refractivity (Wildman–Crippen MR) is 123 cm³/mol. The van der Waals surface area contributed by atoms with E-state index in [2.05, 4.69) is 44.1 Å². The number of benzene rings is 2. The summed E-state index contributed by atoms with van der Waals surface area (Å²) in [5.41, 5.74) is 3.57. The van der Waals surface area contributed by atoms with Gasteiger partial charge in [-0.3, -0.25) is 4.79 Å². The fourth-order valence-electron chi connectivity index (χ4n) is 4.56. The Hall–Kier alpha value is -3.48. The molecule has 164 valence electrons. The molecule has 2 unspecified atom stereocenters. The molecule has 1 N–H and O–H groups in total. The van der Waals surface area contributed by atoms with Crippen LogP contribution in [0.2, 0.25) is 0 Å². The molecule has 32 heavy (non-hydrogen) atoms. The molecule has 0 saturated heterocycles. The van der Waals surface area contributed by atoms with Crippen molar-refractivity contribution in [3.8, 4) is 22.8 Å². The van der Waals surface area contributed by atoms with Gasteiger partial charge in [-0.05, 0) is 43.5 Å². The third-order valence-corrected chi connectivity index (χ3v) is 6.22. The first-order chi connectivity index (χ1) is 15.7. The Labute approximate surface area is 186 Å². The van der Waals surface area contributed by atoms with Crippen molar-refractivity contribution in [3.05, 3.63) is 54.4 Å². The van der Waals surface area contributed by atoms with E-state index in [-0.39, 0.29) is 18.0 Å². The molecule has 1 aliphatic rings. The molecule has 0 radical (unpaired) electrons. The summed E-state index contributed by atoms with van der Waals surface area (Å²) in [4.78, 5) is 16.4. The summed E-state index contributed by atoms with van der Waals surface area (Å²) < 4.78 is 8.17. The number of aryl methyl sites for hydroxylation is 1. The molecule has 0 aliphatic heterocycles. The molecule has 2 heterocycles. The van der Waals surface area contributed by atoms with E-state index in [4.69, 9.17) is 4.42 Å². The molecule has 1 saturated carbocycles. The summed E-state index contributed by atoms with van der Waals surface area (Å²) >= 11 is 0. The van der Waals surface area contributed by atoms with Crippen LogP contribution in [0.4, 0.5) is 0 Å². The molecule has 0 bridgehead atoms. The molecule has 2 aromatic carbocycles. The number of carbonyl (C=O) groups is 1.